The molecule has 0 saturated heterocycles. The molecule has 0 bridgehead atoms. The van der Waals surface area contributed by atoms with Crippen LogP contribution >= 0.6 is 0 Å². The molecule has 1 unspecified atom stereocenters. The predicted molar refractivity (Wildman–Crippen MR) is 73.7 cm³/mol. The molecule has 3 heteroatoms. The third kappa shape index (κ3) is 9.16. The molecule has 0 fully saturated rings. The van der Waals surface area contributed by atoms with Gasteiger partial charge in [-0.05, 0) is 37.5 Å². The average Bonchev–Trinajstić information content (AvgIpc) is 2.12. The van der Waals surface area contributed by atoms with Crippen molar-refractivity contribution < 1.29 is 4.79 Å². The predicted octanol–water partition coefficient (Wildman–Crippen LogP) is 2.69. The van der Waals surface area contributed by atoms with Crippen molar-refractivity contribution in [3.05, 3.63) is 0 Å². The summed E-state index contributed by atoms with van der Waals surface area (Å²) in [5.41, 5.74) is 6.15. The molecule has 0 aromatic rings. The Kier molecular flexibility index (Phi) is 6.76. The minimum atomic E-state index is -0.368. The van der Waals surface area contributed by atoms with Gasteiger partial charge in [0.15, 0.2) is 0 Å². The largest absolute Gasteiger partial charge is 0.352 e. The zero-order chi connectivity index (χ0) is 13.6. The first-order chi connectivity index (χ1) is 7.61. The van der Waals surface area contributed by atoms with Crippen LogP contribution in [-0.2, 0) is 4.79 Å². The number of hydrogen-bond donors (Lipinski definition) is 2. The van der Waals surface area contributed by atoms with Gasteiger partial charge in [-0.15, -0.1) is 0 Å². The summed E-state index contributed by atoms with van der Waals surface area (Å²) in [6.07, 6.45) is 2.86. The van der Waals surface area contributed by atoms with Crippen molar-refractivity contribution in [2.45, 2.75) is 72.9 Å². The van der Waals surface area contributed by atoms with Crippen LogP contribution in [0.2, 0.25) is 0 Å². The van der Waals surface area contributed by atoms with E-state index in [0.717, 1.165) is 19.3 Å². The van der Waals surface area contributed by atoms with Gasteiger partial charge in [0.25, 0.3) is 0 Å². The Bertz CT molecular complexity index is 231. The zero-order valence-corrected chi connectivity index (χ0v) is 12.3. The minimum Gasteiger partial charge on any atom is -0.352 e. The molecule has 0 aliphatic carbocycles. The summed E-state index contributed by atoms with van der Waals surface area (Å²) < 4.78 is 0. The number of amides is 1. The van der Waals surface area contributed by atoms with Gasteiger partial charge < -0.3 is 11.1 Å². The Morgan fingerprint density at radius 2 is 1.76 bits per heavy atom. The van der Waals surface area contributed by atoms with Crippen molar-refractivity contribution in [3.8, 4) is 0 Å². The average molecular weight is 242 g/mol. The van der Waals surface area contributed by atoms with E-state index in [4.69, 9.17) is 5.73 Å². The summed E-state index contributed by atoms with van der Waals surface area (Å²) >= 11 is 0. The molecule has 3 nitrogen and oxygen atoms in total. The third-order valence-electron chi connectivity index (χ3n) is 2.78. The quantitative estimate of drug-likeness (QED) is 0.752. The van der Waals surface area contributed by atoms with Crippen molar-refractivity contribution in [1.29, 1.82) is 0 Å². The van der Waals surface area contributed by atoms with Gasteiger partial charge in [0, 0.05) is 6.04 Å². The smallest absolute Gasteiger partial charge is 0.237 e. The summed E-state index contributed by atoms with van der Waals surface area (Å²) in [7, 11) is 0. The maximum absolute atomic E-state index is 11.8. The highest BCUT2D eigenvalue weighted by molar-refractivity contribution is 5.81. The molecule has 0 aliphatic heterocycles. The van der Waals surface area contributed by atoms with E-state index < -0.39 is 0 Å². The molecule has 2 atom stereocenters. The van der Waals surface area contributed by atoms with Crippen LogP contribution in [0.1, 0.15) is 60.8 Å². The zero-order valence-electron chi connectivity index (χ0n) is 12.3. The van der Waals surface area contributed by atoms with Crippen LogP contribution in [0, 0.1) is 11.3 Å². The Hall–Kier alpha value is -0.570. The lowest BCUT2D eigenvalue weighted by Crippen LogP contribution is -2.45. The highest BCUT2D eigenvalue weighted by Crippen LogP contribution is 2.21. The van der Waals surface area contributed by atoms with Crippen molar-refractivity contribution in [1.82, 2.24) is 5.32 Å². The lowest BCUT2D eigenvalue weighted by molar-refractivity contribution is -0.123. The molecular formula is C14H30N2O. The van der Waals surface area contributed by atoms with Crippen LogP contribution in [0.4, 0.5) is 0 Å². The molecule has 0 spiro atoms. The SMILES string of the molecule is CC(C)C[C@H](N)C(=O)NC(C)CCC(C)(C)C. The number of carbonyl (C=O) groups is 1. The second-order valence-electron chi connectivity index (χ2n) is 6.75. The molecule has 0 saturated carbocycles. The van der Waals surface area contributed by atoms with Gasteiger partial charge in [0.05, 0.1) is 6.04 Å². The minimum absolute atomic E-state index is 0.0138. The van der Waals surface area contributed by atoms with Crippen LogP contribution in [0.3, 0.4) is 0 Å². The summed E-state index contributed by atoms with van der Waals surface area (Å²) in [5.74, 6) is 0.445. The molecule has 0 aromatic heterocycles. The second-order valence-corrected chi connectivity index (χ2v) is 6.75. The third-order valence-corrected chi connectivity index (χ3v) is 2.78. The van der Waals surface area contributed by atoms with E-state index >= 15 is 0 Å². The van der Waals surface area contributed by atoms with E-state index in [2.05, 4.69) is 39.9 Å². The van der Waals surface area contributed by atoms with Crippen LogP contribution < -0.4 is 11.1 Å². The van der Waals surface area contributed by atoms with Gasteiger partial charge in [-0.25, -0.2) is 0 Å². The first kappa shape index (κ1) is 16.4. The lowest BCUT2D eigenvalue weighted by Gasteiger charge is -2.23. The van der Waals surface area contributed by atoms with Crippen molar-refractivity contribution in [2.75, 3.05) is 0 Å². The van der Waals surface area contributed by atoms with E-state index in [0.29, 0.717) is 11.3 Å². The van der Waals surface area contributed by atoms with Gasteiger partial charge in [-0.1, -0.05) is 34.6 Å². The van der Waals surface area contributed by atoms with E-state index in [1.54, 1.807) is 0 Å². The van der Waals surface area contributed by atoms with Crippen molar-refractivity contribution in [3.63, 3.8) is 0 Å². The molecule has 0 radical (unpaired) electrons. The van der Waals surface area contributed by atoms with Crippen molar-refractivity contribution >= 4 is 5.91 Å². The second kappa shape index (κ2) is 7.00. The molecule has 3 N–H and O–H groups in total. The van der Waals surface area contributed by atoms with Crippen LogP contribution in [0.25, 0.3) is 0 Å². The molecule has 0 rings (SSSR count). The number of hydrogen-bond acceptors (Lipinski definition) is 2. The van der Waals surface area contributed by atoms with Gasteiger partial charge in [-0.3, -0.25) is 4.79 Å². The standard InChI is InChI=1S/C14H30N2O/c1-10(2)9-12(15)13(17)16-11(3)7-8-14(4,5)6/h10-12H,7-9,15H2,1-6H3,(H,16,17)/t11?,12-/m0/s1. The van der Waals surface area contributed by atoms with E-state index in [1.165, 1.54) is 0 Å². The van der Waals surface area contributed by atoms with Gasteiger partial charge >= 0.3 is 0 Å². The molecule has 0 aromatic carbocycles. The maximum atomic E-state index is 11.8. The molecule has 17 heavy (non-hydrogen) atoms. The molecule has 0 heterocycles. The topological polar surface area (TPSA) is 55.1 Å². The Labute approximate surface area is 107 Å². The van der Waals surface area contributed by atoms with Crippen LogP contribution in [0.15, 0.2) is 0 Å². The number of nitrogens with one attached hydrogen (secondary N) is 1. The first-order valence-electron chi connectivity index (χ1n) is 6.68. The maximum Gasteiger partial charge on any atom is 0.237 e. The summed E-state index contributed by atoms with van der Waals surface area (Å²) in [5, 5.41) is 2.99. The molecule has 0 aliphatic rings. The fraction of sp³-hybridized carbons (Fsp3) is 0.929. The highest BCUT2D eigenvalue weighted by atomic mass is 16.2. The van der Waals surface area contributed by atoms with Crippen LogP contribution in [-0.4, -0.2) is 18.0 Å². The van der Waals surface area contributed by atoms with Crippen LogP contribution in [0.5, 0.6) is 0 Å². The van der Waals surface area contributed by atoms with Gasteiger partial charge in [0.2, 0.25) is 5.91 Å². The lowest BCUT2D eigenvalue weighted by atomic mass is 9.89. The first-order valence-corrected chi connectivity index (χ1v) is 6.68. The summed E-state index contributed by atoms with van der Waals surface area (Å²) in [6, 6.07) is -0.160. The van der Waals surface area contributed by atoms with Crippen molar-refractivity contribution in [2.24, 2.45) is 17.1 Å². The Morgan fingerprint density at radius 1 is 1.24 bits per heavy atom. The summed E-state index contributed by atoms with van der Waals surface area (Å²) in [6.45, 7) is 12.8. The molecule has 102 valence electrons. The molecular weight excluding hydrogens is 212 g/mol. The van der Waals surface area contributed by atoms with E-state index in [9.17, 15) is 4.79 Å². The highest BCUT2D eigenvalue weighted by Gasteiger charge is 2.18. The monoisotopic (exact) mass is 242 g/mol. The van der Waals surface area contributed by atoms with Gasteiger partial charge in [0.1, 0.15) is 0 Å². The Morgan fingerprint density at radius 3 is 2.18 bits per heavy atom. The number of carbonyl (C=O) groups excluding carboxylic acids is 1. The Balaban J connectivity index is 3.95. The van der Waals surface area contributed by atoms with Gasteiger partial charge in [-0.2, -0.15) is 0 Å². The van der Waals surface area contributed by atoms with E-state index in [-0.39, 0.29) is 18.0 Å². The number of rotatable bonds is 6. The fourth-order valence-electron chi connectivity index (χ4n) is 1.69. The van der Waals surface area contributed by atoms with E-state index in [1.807, 2.05) is 6.92 Å². The molecule has 1 amide bonds. The fourth-order valence-corrected chi connectivity index (χ4v) is 1.69. The number of nitrogens with two attached hydrogens (primary N) is 1. The summed E-state index contributed by atoms with van der Waals surface area (Å²) in [4.78, 5) is 11.8. The normalized spacial score (nSPS) is 15.8.